The van der Waals surface area contributed by atoms with Crippen LogP contribution in [0.3, 0.4) is 0 Å². The Balaban J connectivity index is 1.18. The van der Waals surface area contributed by atoms with Gasteiger partial charge in [-0.3, -0.25) is 14.5 Å². The van der Waals surface area contributed by atoms with Gasteiger partial charge in [-0.2, -0.15) is 13.9 Å². The molecule has 3 aliphatic rings. The van der Waals surface area contributed by atoms with Crippen molar-refractivity contribution in [1.29, 1.82) is 0 Å². The van der Waals surface area contributed by atoms with Crippen LogP contribution in [0.5, 0.6) is 5.75 Å². The van der Waals surface area contributed by atoms with E-state index in [1.165, 1.54) is 11.9 Å². The van der Waals surface area contributed by atoms with Crippen molar-refractivity contribution in [3.05, 3.63) is 67.1 Å². The zero-order chi connectivity index (χ0) is 34.9. The summed E-state index contributed by atoms with van der Waals surface area (Å²) in [6, 6.07) is 12.9. The topological polar surface area (TPSA) is 74.6 Å². The number of nitrogens with one attached hydrogen (secondary N) is 1. The van der Waals surface area contributed by atoms with E-state index in [1.54, 1.807) is 0 Å². The van der Waals surface area contributed by atoms with Gasteiger partial charge < -0.3 is 15.0 Å². The Labute approximate surface area is 294 Å². The zero-order valence-electron chi connectivity index (χ0n) is 29.7. The van der Waals surface area contributed by atoms with Gasteiger partial charge in [-0.1, -0.05) is 19.1 Å². The second-order valence-electron chi connectivity index (χ2n) is 14.6. The molecule has 2 aromatic heterocycles. The van der Waals surface area contributed by atoms with Crippen LogP contribution in [0.2, 0.25) is 0 Å². The zero-order valence-corrected chi connectivity index (χ0v) is 29.7. The maximum absolute atomic E-state index is 14.0. The van der Waals surface area contributed by atoms with Gasteiger partial charge in [0.2, 0.25) is 0 Å². The first-order valence-electron chi connectivity index (χ1n) is 18.2. The van der Waals surface area contributed by atoms with Crippen molar-refractivity contribution >= 4 is 28.1 Å². The number of hydrogen-bond acceptors (Lipinski definition) is 8. The first-order chi connectivity index (χ1) is 24.2. The molecule has 7 rings (SSSR count). The number of alkyl halides is 2. The second-order valence-corrected chi connectivity index (χ2v) is 14.6. The molecule has 2 saturated heterocycles. The van der Waals surface area contributed by atoms with Crippen molar-refractivity contribution in [1.82, 2.24) is 29.5 Å². The SMILES string of the molecule is C=CC(C)C1CCC1c1cc(Nc2cc(-c3ccc4c(cnn4C)c3)ncn2)c(OC(F)F)cc1N1CCC(N2CCN(C(C)C)CC2)CC1. The number of piperidine rings is 1. The monoisotopic (exact) mass is 684 g/mol. The highest BCUT2D eigenvalue weighted by molar-refractivity contribution is 5.84. The largest absolute Gasteiger partial charge is 0.433 e. The number of halogens is 2. The number of ether oxygens (including phenoxy) is 1. The summed E-state index contributed by atoms with van der Waals surface area (Å²) < 4.78 is 35.1. The van der Waals surface area contributed by atoms with E-state index < -0.39 is 6.61 Å². The summed E-state index contributed by atoms with van der Waals surface area (Å²) in [7, 11) is 1.91. The summed E-state index contributed by atoms with van der Waals surface area (Å²) in [5, 5.41) is 8.70. The van der Waals surface area contributed by atoms with Crippen molar-refractivity contribution < 1.29 is 13.5 Å². The number of piperazine rings is 1. The predicted molar refractivity (Wildman–Crippen MR) is 196 cm³/mol. The summed E-state index contributed by atoms with van der Waals surface area (Å²) in [6.45, 7) is 14.1. The molecule has 2 aliphatic heterocycles. The fourth-order valence-electron chi connectivity index (χ4n) is 8.30. The lowest BCUT2D eigenvalue weighted by atomic mass is 9.64. The van der Waals surface area contributed by atoms with Gasteiger partial charge >= 0.3 is 6.61 Å². The normalized spacial score (nSPS) is 21.5. The number of nitrogens with zero attached hydrogens (tertiary/aromatic N) is 7. The molecule has 4 aromatic rings. The van der Waals surface area contributed by atoms with Gasteiger partial charge in [-0.15, -0.1) is 6.58 Å². The summed E-state index contributed by atoms with van der Waals surface area (Å²) in [5.41, 5.74) is 5.32. The molecule has 0 amide bonds. The van der Waals surface area contributed by atoms with Gasteiger partial charge in [0.05, 0.1) is 23.1 Å². The first kappa shape index (κ1) is 34.4. The Bertz CT molecular complexity index is 1790. The number of aromatic nitrogens is 4. The lowest BCUT2D eigenvalue weighted by molar-refractivity contribution is -0.0493. The van der Waals surface area contributed by atoms with Gasteiger partial charge in [-0.05, 0) is 81.0 Å². The first-order valence-corrected chi connectivity index (χ1v) is 18.2. The molecular weight excluding hydrogens is 634 g/mol. The van der Waals surface area contributed by atoms with Crippen LogP contribution in [0.25, 0.3) is 22.2 Å². The molecule has 0 spiro atoms. The van der Waals surface area contributed by atoms with Gasteiger partial charge in [0.1, 0.15) is 12.1 Å². The smallest absolute Gasteiger partial charge is 0.387 e. The Kier molecular flexibility index (Phi) is 10.1. The molecular formula is C39H50F2N8O. The number of rotatable bonds is 11. The number of hydrogen-bond donors (Lipinski definition) is 1. The molecule has 0 radical (unpaired) electrons. The quantitative estimate of drug-likeness (QED) is 0.161. The lowest BCUT2D eigenvalue weighted by Crippen LogP contribution is -2.54. The number of fused-ring (bicyclic) bond motifs is 1. The molecule has 11 heteroatoms. The summed E-state index contributed by atoms with van der Waals surface area (Å²) >= 11 is 0. The summed E-state index contributed by atoms with van der Waals surface area (Å²) in [4.78, 5) is 16.6. The molecule has 50 heavy (non-hydrogen) atoms. The minimum atomic E-state index is -2.96. The summed E-state index contributed by atoms with van der Waals surface area (Å²) in [6.07, 6.45) is 9.64. The van der Waals surface area contributed by atoms with Crippen LogP contribution >= 0.6 is 0 Å². The Morgan fingerprint density at radius 2 is 1.72 bits per heavy atom. The van der Waals surface area contributed by atoms with Crippen LogP contribution in [0.4, 0.5) is 26.0 Å². The van der Waals surface area contributed by atoms with Gasteiger partial charge in [-0.25, -0.2) is 9.97 Å². The third-order valence-electron chi connectivity index (χ3n) is 11.5. The number of aryl methyl sites for hydroxylation is 1. The van der Waals surface area contributed by atoms with Crippen molar-refractivity contribution in [2.75, 3.05) is 49.5 Å². The van der Waals surface area contributed by atoms with Gasteiger partial charge in [0, 0.05) is 87.2 Å². The number of allylic oxidation sites excluding steroid dienone is 1. The van der Waals surface area contributed by atoms with Crippen molar-refractivity contribution in [2.24, 2.45) is 18.9 Å². The third kappa shape index (κ3) is 7.07. The molecule has 1 aliphatic carbocycles. The molecule has 3 unspecified atom stereocenters. The van der Waals surface area contributed by atoms with E-state index in [2.05, 4.69) is 62.4 Å². The van der Waals surface area contributed by atoms with Gasteiger partial charge in [0.15, 0.2) is 5.75 Å². The highest BCUT2D eigenvalue weighted by atomic mass is 19.3. The van der Waals surface area contributed by atoms with E-state index in [1.807, 2.05) is 60.4 Å². The molecule has 2 aromatic carbocycles. The van der Waals surface area contributed by atoms with E-state index >= 15 is 0 Å². The van der Waals surface area contributed by atoms with Crippen LogP contribution in [-0.4, -0.2) is 87.5 Å². The average molecular weight is 685 g/mol. The van der Waals surface area contributed by atoms with Crippen LogP contribution in [0, 0.1) is 11.8 Å². The predicted octanol–water partition coefficient (Wildman–Crippen LogP) is 7.69. The van der Waals surface area contributed by atoms with Crippen molar-refractivity contribution in [2.45, 2.75) is 71.1 Å². The number of benzene rings is 2. The van der Waals surface area contributed by atoms with Crippen LogP contribution in [-0.2, 0) is 7.05 Å². The van der Waals surface area contributed by atoms with E-state index in [9.17, 15) is 8.78 Å². The van der Waals surface area contributed by atoms with Gasteiger partial charge in [0.25, 0.3) is 0 Å². The fraction of sp³-hybridized carbons (Fsp3) is 0.513. The average Bonchev–Trinajstić information content (AvgIpc) is 3.48. The van der Waals surface area contributed by atoms with E-state index in [4.69, 9.17) is 4.74 Å². The summed E-state index contributed by atoms with van der Waals surface area (Å²) in [5.74, 6) is 1.72. The second kappa shape index (κ2) is 14.6. The molecule has 0 bridgehead atoms. The Morgan fingerprint density at radius 1 is 0.940 bits per heavy atom. The molecule has 1 N–H and O–H groups in total. The Morgan fingerprint density at radius 3 is 2.40 bits per heavy atom. The Hall–Kier alpha value is -4.09. The van der Waals surface area contributed by atoms with E-state index in [0.29, 0.717) is 47.0 Å². The van der Waals surface area contributed by atoms with Crippen molar-refractivity contribution in [3.63, 3.8) is 0 Å². The van der Waals surface area contributed by atoms with E-state index in [-0.39, 0.29) is 5.75 Å². The molecule has 3 fully saturated rings. The maximum atomic E-state index is 14.0. The third-order valence-corrected chi connectivity index (χ3v) is 11.5. The van der Waals surface area contributed by atoms with Crippen LogP contribution in [0.15, 0.2) is 61.6 Å². The van der Waals surface area contributed by atoms with Crippen LogP contribution < -0.4 is 15.0 Å². The highest BCUT2D eigenvalue weighted by Crippen LogP contribution is 2.52. The lowest BCUT2D eigenvalue weighted by Gasteiger charge is -2.46. The molecule has 266 valence electrons. The number of anilines is 3. The highest BCUT2D eigenvalue weighted by Gasteiger charge is 2.38. The molecule has 3 atom stereocenters. The molecule has 4 heterocycles. The maximum Gasteiger partial charge on any atom is 0.387 e. The minimum Gasteiger partial charge on any atom is -0.433 e. The minimum absolute atomic E-state index is 0.121. The molecule has 9 nitrogen and oxygen atoms in total. The molecule has 1 saturated carbocycles. The van der Waals surface area contributed by atoms with Crippen LogP contribution in [0.1, 0.15) is 57.9 Å². The van der Waals surface area contributed by atoms with Crippen molar-refractivity contribution in [3.8, 4) is 17.0 Å². The standard InChI is InChI=1S/C39H50F2N8O/c1-6-26(4)30-8-9-31(30)32-20-34(45-38-21-33(42-24-43-38)27-7-10-35-28(19-27)23-44-46(35)5)37(50-39(40)41)22-36(32)49-13-11-29(12-14-49)48-17-15-47(16-18-48)25(2)3/h6-7,10,19-26,29-31,39H,1,8-9,11-18H2,2-5H3,(H,42,43,45). The fourth-order valence-corrected chi connectivity index (χ4v) is 8.30. The van der Waals surface area contributed by atoms with E-state index in [0.717, 1.165) is 87.1 Å².